The van der Waals surface area contributed by atoms with Crippen molar-refractivity contribution >= 4 is 16.9 Å². The molecule has 0 spiro atoms. The van der Waals surface area contributed by atoms with Crippen LogP contribution < -0.4 is 4.74 Å². The maximum Gasteiger partial charge on any atom is 0.307 e. The Bertz CT molecular complexity index is 1110. The highest BCUT2D eigenvalue weighted by Gasteiger charge is 2.12. The molecule has 0 bridgehead atoms. The lowest BCUT2D eigenvalue weighted by atomic mass is 10.1. The van der Waals surface area contributed by atoms with Crippen LogP contribution in [0, 0.1) is 0 Å². The van der Waals surface area contributed by atoms with Crippen LogP contribution in [0.3, 0.4) is 0 Å². The second-order valence-corrected chi connectivity index (χ2v) is 6.39. The summed E-state index contributed by atoms with van der Waals surface area (Å²) >= 11 is 0. The molecule has 0 saturated carbocycles. The van der Waals surface area contributed by atoms with Crippen LogP contribution in [0.1, 0.15) is 5.56 Å². The molecular weight excluding hydrogens is 338 g/mol. The smallest absolute Gasteiger partial charge is 0.307 e. The topological polar surface area (TPSA) is 51.5 Å². The zero-order valence-corrected chi connectivity index (χ0v) is 14.9. The van der Waals surface area contributed by atoms with Crippen molar-refractivity contribution in [3.8, 4) is 22.6 Å². The average Bonchev–Trinajstić information content (AvgIpc) is 3.06. The van der Waals surface area contributed by atoms with E-state index in [1.807, 2.05) is 71.4 Å². The monoisotopic (exact) mass is 357 g/mol. The van der Waals surface area contributed by atoms with E-state index in [0.29, 0.717) is 0 Å². The summed E-state index contributed by atoms with van der Waals surface area (Å²) < 4.78 is 7.34. The first-order valence-corrected chi connectivity index (χ1v) is 8.71. The molecule has 0 atom stereocenters. The van der Waals surface area contributed by atoms with Crippen LogP contribution in [0.4, 0.5) is 0 Å². The lowest BCUT2D eigenvalue weighted by molar-refractivity contribution is -0.136. The quantitative estimate of drug-likeness (QED) is 0.551. The molecule has 0 amide bonds. The lowest BCUT2D eigenvalue weighted by Crippen LogP contribution is -1.99. The summed E-state index contributed by atoms with van der Waals surface area (Å²) in [6.07, 6.45) is 1.93. The third-order valence-corrected chi connectivity index (χ3v) is 4.68. The summed E-state index contributed by atoms with van der Waals surface area (Å²) in [6.45, 7) is 0. The predicted octanol–water partition coefficient (Wildman–Crippen LogP) is 4.93. The molecule has 0 radical (unpaired) electrons. The van der Waals surface area contributed by atoms with Gasteiger partial charge in [-0.1, -0.05) is 42.5 Å². The number of carbonyl (C=O) groups is 1. The molecule has 0 aliphatic carbocycles. The van der Waals surface area contributed by atoms with Crippen molar-refractivity contribution < 1.29 is 14.6 Å². The van der Waals surface area contributed by atoms with E-state index in [1.54, 1.807) is 7.11 Å². The van der Waals surface area contributed by atoms with Crippen LogP contribution in [0.5, 0.6) is 5.75 Å². The third-order valence-electron chi connectivity index (χ3n) is 4.68. The van der Waals surface area contributed by atoms with Crippen molar-refractivity contribution in [2.45, 2.75) is 6.42 Å². The molecule has 1 heterocycles. The van der Waals surface area contributed by atoms with Gasteiger partial charge in [0.1, 0.15) is 5.75 Å². The van der Waals surface area contributed by atoms with Gasteiger partial charge in [0.25, 0.3) is 0 Å². The van der Waals surface area contributed by atoms with E-state index < -0.39 is 5.97 Å². The summed E-state index contributed by atoms with van der Waals surface area (Å²) in [7, 11) is 1.66. The minimum Gasteiger partial charge on any atom is -0.497 e. The molecule has 0 unspecified atom stereocenters. The van der Waals surface area contributed by atoms with Crippen molar-refractivity contribution in [1.82, 2.24) is 4.57 Å². The molecule has 4 aromatic rings. The first kappa shape index (κ1) is 16.9. The highest BCUT2D eigenvalue weighted by atomic mass is 16.5. The number of ether oxygens (including phenoxy) is 1. The van der Waals surface area contributed by atoms with Crippen LogP contribution in [-0.4, -0.2) is 22.8 Å². The Morgan fingerprint density at radius 3 is 2.48 bits per heavy atom. The van der Waals surface area contributed by atoms with Crippen molar-refractivity contribution in [2.75, 3.05) is 7.11 Å². The van der Waals surface area contributed by atoms with Crippen molar-refractivity contribution in [3.05, 3.63) is 84.6 Å². The fourth-order valence-electron chi connectivity index (χ4n) is 3.38. The molecule has 4 nitrogen and oxygen atoms in total. The number of para-hydroxylation sites is 1. The van der Waals surface area contributed by atoms with E-state index in [2.05, 4.69) is 12.1 Å². The molecule has 0 fully saturated rings. The van der Waals surface area contributed by atoms with E-state index >= 15 is 0 Å². The molecular formula is C23H19NO3. The number of hydrogen-bond acceptors (Lipinski definition) is 2. The van der Waals surface area contributed by atoms with Crippen LogP contribution in [0.15, 0.2) is 79.0 Å². The highest BCUT2D eigenvalue weighted by molar-refractivity contribution is 5.89. The number of hydrogen-bond donors (Lipinski definition) is 1. The van der Waals surface area contributed by atoms with Gasteiger partial charge in [-0.3, -0.25) is 4.79 Å². The van der Waals surface area contributed by atoms with Crippen LogP contribution in [0.25, 0.3) is 27.7 Å². The van der Waals surface area contributed by atoms with E-state index in [4.69, 9.17) is 4.74 Å². The standard InChI is InChI=1S/C23H19NO3/c1-27-20-6-4-5-17(13-20)16-9-11-19(12-10-16)24-15-18(14-23(25)26)21-7-2-3-8-22(21)24/h2-13,15H,14H2,1H3,(H,25,26). The van der Waals surface area contributed by atoms with E-state index in [1.165, 1.54) is 0 Å². The SMILES string of the molecule is COc1cccc(-c2ccc(-n3cc(CC(=O)O)c4ccccc43)cc2)c1. The summed E-state index contributed by atoms with van der Waals surface area (Å²) in [5.41, 5.74) is 5.00. The van der Waals surface area contributed by atoms with Gasteiger partial charge in [0.15, 0.2) is 0 Å². The van der Waals surface area contributed by atoms with Crippen LogP contribution >= 0.6 is 0 Å². The first-order valence-electron chi connectivity index (χ1n) is 8.71. The van der Waals surface area contributed by atoms with E-state index in [-0.39, 0.29) is 6.42 Å². The minimum absolute atomic E-state index is 0.00933. The van der Waals surface area contributed by atoms with Gasteiger partial charge in [0.2, 0.25) is 0 Å². The molecule has 0 aliphatic heterocycles. The van der Waals surface area contributed by atoms with Gasteiger partial charge < -0.3 is 14.4 Å². The van der Waals surface area contributed by atoms with Gasteiger partial charge in [-0.15, -0.1) is 0 Å². The molecule has 134 valence electrons. The van der Waals surface area contributed by atoms with Crippen molar-refractivity contribution in [1.29, 1.82) is 0 Å². The molecule has 0 aliphatic rings. The number of fused-ring (bicyclic) bond motifs is 1. The zero-order chi connectivity index (χ0) is 18.8. The summed E-state index contributed by atoms with van der Waals surface area (Å²) in [6, 6.07) is 24.1. The normalized spacial score (nSPS) is 10.9. The Balaban J connectivity index is 1.75. The maximum atomic E-state index is 11.2. The zero-order valence-electron chi connectivity index (χ0n) is 14.9. The number of aromatic nitrogens is 1. The molecule has 4 rings (SSSR count). The molecule has 1 aromatic heterocycles. The second-order valence-electron chi connectivity index (χ2n) is 6.39. The Kier molecular flexibility index (Phi) is 4.38. The first-order chi connectivity index (χ1) is 13.2. The number of carboxylic acid groups (broad SMARTS) is 1. The molecule has 4 heteroatoms. The van der Waals surface area contributed by atoms with Gasteiger partial charge in [0.05, 0.1) is 19.0 Å². The van der Waals surface area contributed by atoms with Gasteiger partial charge in [-0.25, -0.2) is 0 Å². The number of methoxy groups -OCH3 is 1. The Hall–Kier alpha value is -3.53. The average molecular weight is 357 g/mol. The van der Waals surface area contributed by atoms with E-state index in [0.717, 1.165) is 39.0 Å². The van der Waals surface area contributed by atoms with E-state index in [9.17, 15) is 9.90 Å². The molecule has 27 heavy (non-hydrogen) atoms. The van der Waals surface area contributed by atoms with Gasteiger partial charge in [-0.2, -0.15) is 0 Å². The van der Waals surface area contributed by atoms with Crippen molar-refractivity contribution in [2.24, 2.45) is 0 Å². The fourth-order valence-corrected chi connectivity index (χ4v) is 3.38. The largest absolute Gasteiger partial charge is 0.497 e. The molecule has 0 saturated heterocycles. The van der Waals surface area contributed by atoms with Crippen LogP contribution in [-0.2, 0) is 11.2 Å². The number of rotatable bonds is 5. The minimum atomic E-state index is -0.828. The summed E-state index contributed by atoms with van der Waals surface area (Å²) in [5, 5.41) is 10.2. The number of nitrogens with zero attached hydrogens (tertiary/aromatic N) is 1. The maximum absolute atomic E-state index is 11.2. The lowest BCUT2D eigenvalue weighted by Gasteiger charge is -2.08. The number of carboxylic acids is 1. The van der Waals surface area contributed by atoms with Gasteiger partial charge >= 0.3 is 5.97 Å². The number of benzene rings is 3. The molecule has 1 N–H and O–H groups in total. The fraction of sp³-hybridized carbons (Fsp3) is 0.0870. The van der Waals surface area contributed by atoms with Gasteiger partial charge in [-0.05, 0) is 47.0 Å². The highest BCUT2D eigenvalue weighted by Crippen LogP contribution is 2.28. The second kappa shape index (κ2) is 7.00. The summed E-state index contributed by atoms with van der Waals surface area (Å²) in [5.74, 6) is -0.00225. The van der Waals surface area contributed by atoms with Gasteiger partial charge in [0, 0.05) is 17.3 Å². The van der Waals surface area contributed by atoms with Crippen molar-refractivity contribution in [3.63, 3.8) is 0 Å². The Morgan fingerprint density at radius 1 is 0.963 bits per heavy atom. The Morgan fingerprint density at radius 2 is 1.74 bits per heavy atom. The Labute approximate surface area is 157 Å². The number of aliphatic carboxylic acids is 1. The molecule has 3 aromatic carbocycles. The predicted molar refractivity (Wildman–Crippen MR) is 107 cm³/mol. The summed E-state index contributed by atoms with van der Waals surface area (Å²) in [4.78, 5) is 11.2. The third kappa shape index (κ3) is 3.29. The van der Waals surface area contributed by atoms with Crippen LogP contribution in [0.2, 0.25) is 0 Å².